The van der Waals surface area contributed by atoms with Crippen LogP contribution in [0.3, 0.4) is 0 Å². The normalized spacial score (nSPS) is 11.0. The Labute approximate surface area is 168 Å². The van der Waals surface area contributed by atoms with Crippen molar-refractivity contribution in [3.05, 3.63) is 58.9 Å². The number of anilines is 1. The predicted octanol–water partition coefficient (Wildman–Crippen LogP) is 3.41. The third kappa shape index (κ3) is 3.40. The molecule has 4 aromatic rings. The van der Waals surface area contributed by atoms with E-state index in [1.165, 1.54) is 31.2 Å². The van der Waals surface area contributed by atoms with E-state index in [0.29, 0.717) is 37.5 Å². The molecule has 2 aromatic heterocycles. The van der Waals surface area contributed by atoms with E-state index in [1.54, 1.807) is 30.3 Å². The number of benzene rings is 2. The molecule has 0 unspecified atom stereocenters. The van der Waals surface area contributed by atoms with Crippen molar-refractivity contribution in [1.82, 2.24) is 9.55 Å². The number of hydrogen-bond donors (Lipinski definition) is 1. The second-order valence-corrected chi connectivity index (χ2v) is 7.24. The number of nitrogens with zero attached hydrogens (tertiary/aromatic N) is 2. The van der Waals surface area contributed by atoms with Crippen molar-refractivity contribution in [3.63, 3.8) is 0 Å². The predicted molar refractivity (Wildman–Crippen MR) is 110 cm³/mol. The molecular formula is C20H16FN3O4S. The van der Waals surface area contributed by atoms with Crippen molar-refractivity contribution in [2.45, 2.75) is 6.54 Å². The molecule has 0 saturated carbocycles. The lowest BCUT2D eigenvalue weighted by Crippen LogP contribution is -2.27. The van der Waals surface area contributed by atoms with E-state index in [-0.39, 0.29) is 6.54 Å². The summed E-state index contributed by atoms with van der Waals surface area (Å²) in [5.41, 5.74) is 0.360. The van der Waals surface area contributed by atoms with Gasteiger partial charge in [0.05, 0.1) is 37.1 Å². The molecule has 148 valence electrons. The van der Waals surface area contributed by atoms with Gasteiger partial charge in [0.2, 0.25) is 5.91 Å². The average molecular weight is 413 g/mol. The van der Waals surface area contributed by atoms with E-state index in [0.717, 1.165) is 11.3 Å². The third-order valence-electron chi connectivity index (χ3n) is 4.42. The Morgan fingerprint density at radius 3 is 2.83 bits per heavy atom. The number of aromatic nitrogens is 2. The molecule has 7 nitrogen and oxygen atoms in total. The van der Waals surface area contributed by atoms with Crippen LogP contribution in [0.25, 0.3) is 20.3 Å². The second-order valence-electron chi connectivity index (χ2n) is 6.18. The minimum atomic E-state index is -0.428. The Kier molecular flexibility index (Phi) is 4.89. The lowest BCUT2D eigenvalue weighted by atomic mass is 10.2. The molecule has 2 heterocycles. The zero-order valence-corrected chi connectivity index (χ0v) is 16.4. The summed E-state index contributed by atoms with van der Waals surface area (Å²) < 4.78 is 26.7. The highest BCUT2D eigenvalue weighted by Crippen LogP contribution is 2.32. The summed E-state index contributed by atoms with van der Waals surface area (Å²) in [5.74, 6) is 0.160. The van der Waals surface area contributed by atoms with Gasteiger partial charge in [0, 0.05) is 10.8 Å². The van der Waals surface area contributed by atoms with Gasteiger partial charge in [-0.2, -0.15) is 0 Å². The fraction of sp³-hybridized carbons (Fsp3) is 0.150. The molecule has 2 aromatic carbocycles. The summed E-state index contributed by atoms with van der Waals surface area (Å²) in [6.45, 7) is -0.242. The van der Waals surface area contributed by atoms with Gasteiger partial charge in [0.1, 0.15) is 28.6 Å². The smallest absolute Gasteiger partial charge is 0.271 e. The van der Waals surface area contributed by atoms with Crippen molar-refractivity contribution in [1.29, 1.82) is 0 Å². The lowest BCUT2D eigenvalue weighted by Gasteiger charge is -2.12. The fourth-order valence-corrected chi connectivity index (χ4v) is 4.15. The molecule has 0 aliphatic rings. The highest BCUT2D eigenvalue weighted by Gasteiger charge is 2.16. The number of methoxy groups -OCH3 is 2. The maximum absolute atomic E-state index is 14.1. The number of amides is 1. The molecule has 0 fully saturated rings. The Bertz CT molecular complexity index is 1300. The first-order valence-corrected chi connectivity index (χ1v) is 9.41. The van der Waals surface area contributed by atoms with Crippen LogP contribution in [0, 0.1) is 5.82 Å². The van der Waals surface area contributed by atoms with Gasteiger partial charge in [-0.3, -0.25) is 14.2 Å². The topological polar surface area (TPSA) is 82.5 Å². The van der Waals surface area contributed by atoms with E-state index in [1.807, 2.05) is 0 Å². The highest BCUT2D eigenvalue weighted by atomic mass is 32.1. The van der Waals surface area contributed by atoms with Crippen molar-refractivity contribution < 1.29 is 18.7 Å². The zero-order valence-electron chi connectivity index (χ0n) is 15.6. The van der Waals surface area contributed by atoms with E-state index in [2.05, 4.69) is 10.3 Å². The van der Waals surface area contributed by atoms with E-state index in [9.17, 15) is 14.0 Å². The third-order valence-corrected chi connectivity index (χ3v) is 5.55. The van der Waals surface area contributed by atoms with Crippen LogP contribution >= 0.6 is 11.3 Å². The number of thiophene rings is 1. The molecule has 1 N–H and O–H groups in total. The molecular weight excluding hydrogens is 397 g/mol. The standard InChI is InChI=1S/C20H16FN3O4S/c1-27-11-6-7-13(14(8-11)28-2)23-16(25)9-24-10-22-18-17-12(21)4-3-5-15(17)29-19(18)20(24)26/h3-8,10H,9H2,1-2H3,(H,23,25). The van der Waals surface area contributed by atoms with Gasteiger partial charge < -0.3 is 14.8 Å². The van der Waals surface area contributed by atoms with Crippen LogP contribution in [0.5, 0.6) is 11.5 Å². The van der Waals surface area contributed by atoms with Gasteiger partial charge in [-0.1, -0.05) is 6.07 Å². The van der Waals surface area contributed by atoms with Crippen molar-refractivity contribution in [2.75, 3.05) is 19.5 Å². The Morgan fingerprint density at radius 1 is 1.24 bits per heavy atom. The molecule has 9 heteroatoms. The zero-order chi connectivity index (χ0) is 20.5. The first kappa shape index (κ1) is 18.9. The van der Waals surface area contributed by atoms with Crippen LogP contribution < -0.4 is 20.3 Å². The van der Waals surface area contributed by atoms with Crippen LogP contribution in [0.4, 0.5) is 10.1 Å². The number of nitrogens with one attached hydrogen (secondary N) is 1. The van der Waals surface area contributed by atoms with Crippen LogP contribution in [0.15, 0.2) is 47.5 Å². The number of ether oxygens (including phenoxy) is 2. The number of halogens is 1. The maximum atomic E-state index is 14.1. The number of hydrogen-bond acceptors (Lipinski definition) is 6. The van der Waals surface area contributed by atoms with Crippen molar-refractivity contribution >= 4 is 43.2 Å². The first-order chi connectivity index (χ1) is 14.0. The highest BCUT2D eigenvalue weighted by molar-refractivity contribution is 7.25. The molecule has 0 atom stereocenters. The molecule has 0 radical (unpaired) electrons. The van der Waals surface area contributed by atoms with E-state index < -0.39 is 17.3 Å². The fourth-order valence-electron chi connectivity index (χ4n) is 3.03. The number of rotatable bonds is 5. The number of carbonyl (C=O) groups is 1. The van der Waals surface area contributed by atoms with E-state index in [4.69, 9.17) is 9.47 Å². The number of carbonyl (C=O) groups excluding carboxylic acids is 1. The van der Waals surface area contributed by atoms with Crippen LogP contribution in [-0.4, -0.2) is 29.7 Å². The summed E-state index contributed by atoms with van der Waals surface area (Å²) in [7, 11) is 3.01. The Hall–Kier alpha value is -3.46. The van der Waals surface area contributed by atoms with Crippen LogP contribution in [0.2, 0.25) is 0 Å². The van der Waals surface area contributed by atoms with Crippen LogP contribution in [-0.2, 0) is 11.3 Å². The molecule has 1 amide bonds. The molecule has 29 heavy (non-hydrogen) atoms. The molecule has 0 saturated heterocycles. The molecule has 0 aliphatic carbocycles. The summed E-state index contributed by atoms with van der Waals surface area (Å²) in [4.78, 5) is 29.5. The van der Waals surface area contributed by atoms with Gasteiger partial charge in [0.15, 0.2) is 0 Å². The monoisotopic (exact) mass is 413 g/mol. The maximum Gasteiger partial charge on any atom is 0.271 e. The SMILES string of the molecule is COc1ccc(NC(=O)Cn2cnc3c(sc4cccc(F)c43)c2=O)c(OC)c1. The minimum Gasteiger partial charge on any atom is -0.497 e. The molecule has 0 bridgehead atoms. The minimum absolute atomic E-state index is 0.242. The summed E-state index contributed by atoms with van der Waals surface area (Å²) >= 11 is 1.16. The van der Waals surface area contributed by atoms with Gasteiger partial charge in [0.25, 0.3) is 5.56 Å². The quantitative estimate of drug-likeness (QED) is 0.542. The lowest BCUT2D eigenvalue weighted by molar-refractivity contribution is -0.116. The van der Waals surface area contributed by atoms with Gasteiger partial charge in [-0.25, -0.2) is 9.37 Å². The first-order valence-electron chi connectivity index (χ1n) is 8.60. The van der Waals surface area contributed by atoms with Crippen molar-refractivity contribution in [3.8, 4) is 11.5 Å². The van der Waals surface area contributed by atoms with Gasteiger partial charge in [-0.05, 0) is 24.3 Å². The molecule has 0 aliphatic heterocycles. The van der Waals surface area contributed by atoms with Gasteiger partial charge >= 0.3 is 0 Å². The summed E-state index contributed by atoms with van der Waals surface area (Å²) in [6.07, 6.45) is 1.26. The summed E-state index contributed by atoms with van der Waals surface area (Å²) in [6, 6.07) is 9.62. The van der Waals surface area contributed by atoms with Crippen molar-refractivity contribution in [2.24, 2.45) is 0 Å². The second kappa shape index (κ2) is 7.51. The number of fused-ring (bicyclic) bond motifs is 3. The average Bonchev–Trinajstić information content (AvgIpc) is 3.11. The molecule has 0 spiro atoms. The Morgan fingerprint density at radius 2 is 2.07 bits per heavy atom. The van der Waals surface area contributed by atoms with Crippen LogP contribution in [0.1, 0.15) is 0 Å². The largest absolute Gasteiger partial charge is 0.497 e. The Balaban J connectivity index is 1.64. The van der Waals surface area contributed by atoms with E-state index >= 15 is 0 Å². The summed E-state index contributed by atoms with van der Waals surface area (Å²) in [5, 5.41) is 3.03. The molecule has 4 rings (SSSR count). The van der Waals surface area contributed by atoms with Gasteiger partial charge in [-0.15, -0.1) is 11.3 Å².